The van der Waals surface area contributed by atoms with Gasteiger partial charge in [-0.05, 0) is 46.3 Å². The van der Waals surface area contributed by atoms with Crippen molar-refractivity contribution in [1.29, 1.82) is 0 Å². The van der Waals surface area contributed by atoms with Gasteiger partial charge in [0.1, 0.15) is 0 Å². The SMILES string of the molecule is CN(C)c1cccc(C(=O)Nc2c(N)cc(Br)cc2Br)c1. The molecule has 21 heavy (non-hydrogen) atoms. The molecule has 0 saturated heterocycles. The third-order valence-electron chi connectivity index (χ3n) is 2.95. The van der Waals surface area contributed by atoms with E-state index in [9.17, 15) is 4.79 Å². The molecule has 6 heteroatoms. The molecule has 0 radical (unpaired) electrons. The summed E-state index contributed by atoms with van der Waals surface area (Å²) in [6.45, 7) is 0. The van der Waals surface area contributed by atoms with Gasteiger partial charge in [0.15, 0.2) is 0 Å². The molecule has 0 atom stereocenters. The van der Waals surface area contributed by atoms with E-state index in [0.29, 0.717) is 16.9 Å². The van der Waals surface area contributed by atoms with Gasteiger partial charge < -0.3 is 16.0 Å². The maximum Gasteiger partial charge on any atom is 0.255 e. The molecule has 0 aliphatic heterocycles. The van der Waals surface area contributed by atoms with Crippen LogP contribution >= 0.6 is 31.9 Å². The summed E-state index contributed by atoms with van der Waals surface area (Å²) in [6, 6.07) is 11.0. The first-order valence-electron chi connectivity index (χ1n) is 6.21. The number of nitrogens with two attached hydrogens (primary N) is 1. The highest BCUT2D eigenvalue weighted by molar-refractivity contribution is 9.11. The highest BCUT2D eigenvalue weighted by Gasteiger charge is 2.12. The Balaban J connectivity index is 2.28. The molecule has 0 aromatic heterocycles. The minimum Gasteiger partial charge on any atom is -0.397 e. The summed E-state index contributed by atoms with van der Waals surface area (Å²) in [6.07, 6.45) is 0. The molecule has 4 nitrogen and oxygen atoms in total. The number of nitrogen functional groups attached to an aromatic ring is 1. The number of nitrogens with one attached hydrogen (secondary N) is 1. The lowest BCUT2D eigenvalue weighted by Gasteiger charge is -2.14. The van der Waals surface area contributed by atoms with Gasteiger partial charge in [0, 0.05) is 34.3 Å². The Kier molecular flexibility index (Phi) is 4.90. The van der Waals surface area contributed by atoms with Crippen LogP contribution in [0, 0.1) is 0 Å². The fraction of sp³-hybridized carbons (Fsp3) is 0.133. The molecule has 0 saturated carbocycles. The summed E-state index contributed by atoms with van der Waals surface area (Å²) >= 11 is 6.76. The summed E-state index contributed by atoms with van der Waals surface area (Å²) < 4.78 is 1.57. The highest BCUT2D eigenvalue weighted by Crippen LogP contribution is 2.33. The van der Waals surface area contributed by atoms with Gasteiger partial charge in [-0.15, -0.1) is 0 Å². The van der Waals surface area contributed by atoms with Crippen molar-refractivity contribution >= 4 is 54.8 Å². The number of halogens is 2. The van der Waals surface area contributed by atoms with E-state index in [0.717, 1.165) is 14.6 Å². The van der Waals surface area contributed by atoms with E-state index >= 15 is 0 Å². The molecule has 1 amide bonds. The van der Waals surface area contributed by atoms with Crippen molar-refractivity contribution in [2.45, 2.75) is 0 Å². The first kappa shape index (κ1) is 15.9. The Morgan fingerprint density at radius 3 is 2.52 bits per heavy atom. The third kappa shape index (κ3) is 3.77. The molecular weight excluding hydrogens is 398 g/mol. The molecule has 2 aromatic carbocycles. The predicted octanol–water partition coefficient (Wildman–Crippen LogP) is 4.11. The highest BCUT2D eigenvalue weighted by atomic mass is 79.9. The zero-order valence-corrected chi connectivity index (χ0v) is 14.8. The summed E-state index contributed by atoms with van der Waals surface area (Å²) in [4.78, 5) is 14.3. The summed E-state index contributed by atoms with van der Waals surface area (Å²) in [7, 11) is 3.86. The second-order valence-electron chi connectivity index (χ2n) is 4.75. The lowest BCUT2D eigenvalue weighted by Crippen LogP contribution is -2.15. The Morgan fingerprint density at radius 2 is 1.90 bits per heavy atom. The Bertz CT molecular complexity index is 663. The van der Waals surface area contributed by atoms with Crippen molar-refractivity contribution in [2.24, 2.45) is 0 Å². The molecule has 0 fully saturated rings. The molecule has 2 aromatic rings. The minimum absolute atomic E-state index is 0.201. The first-order valence-corrected chi connectivity index (χ1v) is 7.80. The lowest BCUT2D eigenvalue weighted by atomic mass is 10.1. The summed E-state index contributed by atoms with van der Waals surface area (Å²) in [5.41, 5.74) is 8.55. The third-order valence-corrected chi connectivity index (χ3v) is 4.03. The molecule has 0 aliphatic rings. The number of anilines is 3. The van der Waals surface area contributed by atoms with E-state index in [1.807, 2.05) is 43.3 Å². The van der Waals surface area contributed by atoms with Gasteiger partial charge in [-0.2, -0.15) is 0 Å². The van der Waals surface area contributed by atoms with Crippen LogP contribution in [0.25, 0.3) is 0 Å². The Hall–Kier alpha value is -1.53. The Morgan fingerprint density at radius 1 is 1.19 bits per heavy atom. The standard InChI is InChI=1S/C15H15Br2N3O/c1-20(2)11-5-3-4-9(6-11)15(21)19-14-12(17)7-10(16)8-13(14)18/h3-8H,18H2,1-2H3,(H,19,21). The van der Waals surface area contributed by atoms with Crippen LogP contribution in [0.5, 0.6) is 0 Å². The first-order chi connectivity index (χ1) is 9.88. The van der Waals surface area contributed by atoms with E-state index in [2.05, 4.69) is 37.2 Å². The molecular formula is C15H15Br2N3O. The van der Waals surface area contributed by atoms with Gasteiger partial charge in [-0.25, -0.2) is 0 Å². The van der Waals surface area contributed by atoms with E-state index in [1.165, 1.54) is 0 Å². The van der Waals surface area contributed by atoms with Gasteiger partial charge >= 0.3 is 0 Å². The summed E-state index contributed by atoms with van der Waals surface area (Å²) in [5.74, 6) is -0.201. The number of rotatable bonds is 3. The predicted molar refractivity (Wildman–Crippen MR) is 95.0 cm³/mol. The van der Waals surface area contributed by atoms with Crippen molar-refractivity contribution in [3.63, 3.8) is 0 Å². The van der Waals surface area contributed by atoms with Crippen LogP contribution in [0.1, 0.15) is 10.4 Å². The largest absolute Gasteiger partial charge is 0.397 e. The van der Waals surface area contributed by atoms with Crippen molar-refractivity contribution < 1.29 is 4.79 Å². The van der Waals surface area contributed by atoms with Crippen molar-refractivity contribution in [1.82, 2.24) is 0 Å². The molecule has 3 N–H and O–H groups in total. The lowest BCUT2D eigenvalue weighted by molar-refractivity contribution is 0.102. The maximum absolute atomic E-state index is 12.4. The zero-order valence-electron chi connectivity index (χ0n) is 11.7. The summed E-state index contributed by atoms with van der Waals surface area (Å²) in [5, 5.41) is 2.84. The molecule has 0 spiro atoms. The molecule has 0 heterocycles. The van der Waals surface area contributed by atoms with Crippen LogP contribution in [0.4, 0.5) is 17.1 Å². The molecule has 110 valence electrons. The quantitative estimate of drug-likeness (QED) is 0.745. The number of hydrogen-bond acceptors (Lipinski definition) is 3. The Labute approximate surface area is 140 Å². The van der Waals surface area contributed by atoms with Crippen LogP contribution in [-0.2, 0) is 0 Å². The van der Waals surface area contributed by atoms with Crippen molar-refractivity contribution in [3.8, 4) is 0 Å². The van der Waals surface area contributed by atoms with Crippen LogP contribution in [-0.4, -0.2) is 20.0 Å². The number of amides is 1. The van der Waals surface area contributed by atoms with Gasteiger partial charge in [0.05, 0.1) is 11.4 Å². The van der Waals surface area contributed by atoms with E-state index in [4.69, 9.17) is 5.73 Å². The van der Waals surface area contributed by atoms with Crippen LogP contribution in [0.2, 0.25) is 0 Å². The topological polar surface area (TPSA) is 58.4 Å². The average molecular weight is 413 g/mol. The van der Waals surface area contributed by atoms with E-state index in [1.54, 1.807) is 12.1 Å². The number of carbonyl (C=O) groups is 1. The number of nitrogens with zero attached hydrogens (tertiary/aromatic N) is 1. The fourth-order valence-corrected chi connectivity index (χ4v) is 3.19. The molecule has 0 bridgehead atoms. The van der Waals surface area contributed by atoms with Gasteiger partial charge in [-0.3, -0.25) is 4.79 Å². The number of benzene rings is 2. The van der Waals surface area contributed by atoms with Crippen molar-refractivity contribution in [2.75, 3.05) is 30.0 Å². The normalized spacial score (nSPS) is 10.3. The van der Waals surface area contributed by atoms with E-state index in [-0.39, 0.29) is 5.91 Å². The maximum atomic E-state index is 12.4. The van der Waals surface area contributed by atoms with E-state index < -0.39 is 0 Å². The molecule has 2 rings (SSSR count). The van der Waals surface area contributed by atoms with Gasteiger partial charge in [-0.1, -0.05) is 22.0 Å². The zero-order chi connectivity index (χ0) is 15.6. The van der Waals surface area contributed by atoms with Gasteiger partial charge in [0.2, 0.25) is 0 Å². The monoisotopic (exact) mass is 411 g/mol. The second-order valence-corrected chi connectivity index (χ2v) is 6.52. The van der Waals surface area contributed by atoms with Crippen LogP contribution in [0.15, 0.2) is 45.3 Å². The number of hydrogen-bond donors (Lipinski definition) is 2. The minimum atomic E-state index is -0.201. The number of carbonyl (C=O) groups excluding carboxylic acids is 1. The van der Waals surface area contributed by atoms with Crippen molar-refractivity contribution in [3.05, 3.63) is 50.9 Å². The van der Waals surface area contributed by atoms with Crippen LogP contribution in [0.3, 0.4) is 0 Å². The van der Waals surface area contributed by atoms with Gasteiger partial charge in [0.25, 0.3) is 5.91 Å². The average Bonchev–Trinajstić information content (AvgIpc) is 2.42. The van der Waals surface area contributed by atoms with Crippen LogP contribution < -0.4 is 16.0 Å². The fourth-order valence-electron chi connectivity index (χ4n) is 1.84. The molecule has 0 aliphatic carbocycles. The smallest absolute Gasteiger partial charge is 0.255 e. The molecule has 0 unspecified atom stereocenters. The second kappa shape index (κ2) is 6.49.